The molecule has 0 bridgehead atoms. The van der Waals surface area contributed by atoms with Crippen LogP contribution in [0.25, 0.3) is 0 Å². The molecule has 52 valence electrons. The standard InChI is InChI=1S/C3H6NO4P/c1-3(5,2-4)9(6,7)8/h5H,1H3,(H2,6,7,8). The molecule has 0 aliphatic heterocycles. The van der Waals surface area contributed by atoms with Gasteiger partial charge in [-0.25, -0.2) is 0 Å². The first-order chi connectivity index (χ1) is 3.81. The molecule has 5 nitrogen and oxygen atoms in total. The molecule has 0 spiro atoms. The van der Waals surface area contributed by atoms with Crippen LogP contribution >= 0.6 is 7.60 Å². The average molecular weight is 151 g/mol. The van der Waals surface area contributed by atoms with Crippen LogP contribution in [0, 0.1) is 11.3 Å². The van der Waals surface area contributed by atoms with E-state index >= 15 is 0 Å². The quantitative estimate of drug-likeness (QED) is 0.343. The first-order valence-corrected chi connectivity index (χ1v) is 3.62. The molecule has 0 aromatic heterocycles. The fourth-order valence-corrected chi connectivity index (χ4v) is 0.195. The molecular weight excluding hydrogens is 145 g/mol. The first-order valence-electron chi connectivity index (χ1n) is 2.00. The summed E-state index contributed by atoms with van der Waals surface area (Å²) < 4.78 is 10.1. The summed E-state index contributed by atoms with van der Waals surface area (Å²) >= 11 is 0. The highest BCUT2D eigenvalue weighted by Crippen LogP contribution is 2.47. The Balaban J connectivity index is 4.61. The number of nitriles is 1. The van der Waals surface area contributed by atoms with Crippen molar-refractivity contribution in [2.24, 2.45) is 0 Å². The highest BCUT2D eigenvalue weighted by Gasteiger charge is 2.40. The topological polar surface area (TPSA) is 102 Å². The van der Waals surface area contributed by atoms with Gasteiger partial charge in [0.2, 0.25) is 5.34 Å². The second-order valence-electron chi connectivity index (χ2n) is 1.68. The van der Waals surface area contributed by atoms with Gasteiger partial charge in [0.05, 0.1) is 0 Å². The van der Waals surface area contributed by atoms with Gasteiger partial charge in [-0.2, -0.15) is 5.26 Å². The van der Waals surface area contributed by atoms with Crippen LogP contribution in [0.5, 0.6) is 0 Å². The van der Waals surface area contributed by atoms with Gasteiger partial charge < -0.3 is 14.9 Å². The van der Waals surface area contributed by atoms with E-state index in [0.29, 0.717) is 0 Å². The lowest BCUT2D eigenvalue weighted by molar-refractivity contribution is 0.159. The van der Waals surface area contributed by atoms with E-state index < -0.39 is 12.9 Å². The molecule has 0 aromatic carbocycles. The summed E-state index contributed by atoms with van der Waals surface area (Å²) in [7, 11) is -4.67. The van der Waals surface area contributed by atoms with E-state index in [-0.39, 0.29) is 0 Å². The van der Waals surface area contributed by atoms with Crippen LogP contribution in [0.3, 0.4) is 0 Å². The molecule has 0 aliphatic rings. The van der Waals surface area contributed by atoms with Gasteiger partial charge in [-0.15, -0.1) is 0 Å². The molecule has 0 radical (unpaired) electrons. The van der Waals surface area contributed by atoms with Gasteiger partial charge in [0.25, 0.3) is 0 Å². The van der Waals surface area contributed by atoms with Crippen molar-refractivity contribution in [2.45, 2.75) is 12.3 Å². The Hall–Kier alpha value is -0.400. The number of hydrogen-bond acceptors (Lipinski definition) is 3. The number of nitrogens with zero attached hydrogens (tertiary/aromatic N) is 1. The van der Waals surface area contributed by atoms with Crippen LogP contribution in [0.4, 0.5) is 0 Å². The maximum atomic E-state index is 10.1. The normalized spacial score (nSPS) is 18.1. The van der Waals surface area contributed by atoms with Crippen LogP contribution < -0.4 is 0 Å². The van der Waals surface area contributed by atoms with E-state index in [1.165, 1.54) is 0 Å². The molecule has 9 heavy (non-hydrogen) atoms. The zero-order valence-electron chi connectivity index (χ0n) is 4.64. The van der Waals surface area contributed by atoms with Crippen molar-refractivity contribution in [3.05, 3.63) is 0 Å². The smallest absolute Gasteiger partial charge is 0.366 e. The van der Waals surface area contributed by atoms with Crippen molar-refractivity contribution in [3.63, 3.8) is 0 Å². The van der Waals surface area contributed by atoms with Crippen LogP contribution in [0.15, 0.2) is 0 Å². The lowest BCUT2D eigenvalue weighted by Crippen LogP contribution is -2.20. The Kier molecular flexibility index (Phi) is 1.99. The van der Waals surface area contributed by atoms with E-state index in [4.69, 9.17) is 20.2 Å². The van der Waals surface area contributed by atoms with Crippen molar-refractivity contribution in [2.75, 3.05) is 0 Å². The molecule has 0 aliphatic carbocycles. The Bertz CT molecular complexity index is 186. The third-order valence-corrected chi connectivity index (χ3v) is 2.01. The molecule has 0 fully saturated rings. The molecule has 0 heterocycles. The summed E-state index contributed by atoms with van der Waals surface area (Å²) in [5.41, 5.74) is 0. The second kappa shape index (κ2) is 2.09. The minimum Gasteiger partial charge on any atom is -0.366 e. The van der Waals surface area contributed by atoms with Gasteiger partial charge in [0.1, 0.15) is 6.07 Å². The lowest BCUT2D eigenvalue weighted by atomic mass is 10.5. The predicted molar refractivity (Wildman–Crippen MR) is 28.3 cm³/mol. The van der Waals surface area contributed by atoms with Crippen LogP contribution in [0.2, 0.25) is 0 Å². The van der Waals surface area contributed by atoms with E-state index in [1.54, 1.807) is 0 Å². The molecule has 0 saturated heterocycles. The number of hydrogen-bond donors (Lipinski definition) is 3. The molecule has 0 rings (SSSR count). The van der Waals surface area contributed by atoms with E-state index in [1.807, 2.05) is 0 Å². The third kappa shape index (κ3) is 1.77. The Morgan fingerprint density at radius 3 is 2.00 bits per heavy atom. The molecule has 0 saturated carbocycles. The Morgan fingerprint density at radius 2 is 2.00 bits per heavy atom. The fourth-order valence-electron chi connectivity index (χ4n) is 0.0651. The zero-order chi connectivity index (χ0) is 7.71. The van der Waals surface area contributed by atoms with Gasteiger partial charge in [-0.05, 0) is 6.92 Å². The summed E-state index contributed by atoms with van der Waals surface area (Å²) in [6, 6.07) is 1.07. The minimum absolute atomic E-state index is 0.758. The van der Waals surface area contributed by atoms with Crippen molar-refractivity contribution in [3.8, 4) is 6.07 Å². The van der Waals surface area contributed by atoms with Crippen LogP contribution in [0.1, 0.15) is 6.92 Å². The van der Waals surface area contributed by atoms with Gasteiger partial charge in [-0.1, -0.05) is 0 Å². The average Bonchev–Trinajstić information content (AvgIpc) is 1.64. The van der Waals surface area contributed by atoms with E-state index in [2.05, 4.69) is 0 Å². The van der Waals surface area contributed by atoms with Gasteiger partial charge in [0, 0.05) is 0 Å². The Labute approximate surface area is 51.7 Å². The summed E-state index contributed by atoms with van der Waals surface area (Å²) in [5.74, 6) is 0. The van der Waals surface area contributed by atoms with Crippen molar-refractivity contribution >= 4 is 7.60 Å². The van der Waals surface area contributed by atoms with Crippen LogP contribution in [-0.4, -0.2) is 20.2 Å². The largest absolute Gasteiger partial charge is 0.371 e. The Morgan fingerprint density at radius 1 is 1.67 bits per heavy atom. The molecule has 3 N–H and O–H groups in total. The van der Waals surface area contributed by atoms with E-state index in [9.17, 15) is 4.57 Å². The zero-order valence-corrected chi connectivity index (χ0v) is 5.54. The SMILES string of the molecule is CC(O)(C#N)P(=O)(O)O. The molecule has 1 unspecified atom stereocenters. The molecule has 1 atom stereocenters. The van der Waals surface area contributed by atoms with Gasteiger partial charge in [-0.3, -0.25) is 4.57 Å². The first kappa shape index (κ1) is 8.60. The number of rotatable bonds is 1. The highest BCUT2D eigenvalue weighted by molar-refractivity contribution is 7.53. The van der Waals surface area contributed by atoms with Crippen LogP contribution in [-0.2, 0) is 4.57 Å². The van der Waals surface area contributed by atoms with Crippen molar-refractivity contribution in [1.29, 1.82) is 5.26 Å². The fraction of sp³-hybridized carbons (Fsp3) is 0.667. The predicted octanol–water partition coefficient (Wildman–Crippen LogP) is -0.604. The van der Waals surface area contributed by atoms with Crippen molar-refractivity contribution < 1.29 is 19.5 Å². The summed E-state index contributed by atoms with van der Waals surface area (Å²) in [6.45, 7) is 0.758. The second-order valence-corrected chi connectivity index (χ2v) is 3.64. The maximum absolute atomic E-state index is 10.1. The number of aliphatic hydroxyl groups is 1. The highest BCUT2D eigenvalue weighted by atomic mass is 31.2. The molecule has 6 heteroatoms. The summed E-state index contributed by atoms with van der Waals surface area (Å²) in [4.78, 5) is 16.4. The van der Waals surface area contributed by atoms with Gasteiger partial charge >= 0.3 is 7.60 Å². The van der Waals surface area contributed by atoms with Crippen molar-refractivity contribution in [1.82, 2.24) is 0 Å². The summed E-state index contributed by atoms with van der Waals surface area (Å²) in [6.07, 6.45) is 0. The van der Waals surface area contributed by atoms with E-state index in [0.717, 1.165) is 13.0 Å². The lowest BCUT2D eigenvalue weighted by Gasteiger charge is -2.14. The molecular formula is C3H6NO4P. The van der Waals surface area contributed by atoms with Gasteiger partial charge in [0.15, 0.2) is 0 Å². The molecule has 0 amide bonds. The third-order valence-electron chi connectivity index (χ3n) is 0.779. The molecule has 0 aromatic rings. The monoisotopic (exact) mass is 151 g/mol. The maximum Gasteiger partial charge on any atom is 0.371 e. The summed E-state index contributed by atoms with van der Waals surface area (Å²) in [5, 5.41) is 13.9. The minimum atomic E-state index is -4.67.